The van der Waals surface area contributed by atoms with Crippen LogP contribution in [0.25, 0.3) is 0 Å². The number of imide groups is 1. The predicted octanol–water partition coefficient (Wildman–Crippen LogP) is 2.07. The molecule has 100 valence electrons. The standard InChI is InChI=1S/C15H13N3O2/c16-18-13(11-7-3-1-4-8-11)14(19)17(15(18)20)12-9-5-2-6-10-12/h1-10,13H,16H2. The fourth-order valence-corrected chi connectivity index (χ4v) is 2.31. The van der Waals surface area contributed by atoms with Crippen molar-refractivity contribution < 1.29 is 9.59 Å². The van der Waals surface area contributed by atoms with Crippen LogP contribution in [0, 0.1) is 0 Å². The zero-order valence-corrected chi connectivity index (χ0v) is 10.6. The number of hydrazine groups is 1. The molecule has 1 atom stereocenters. The summed E-state index contributed by atoms with van der Waals surface area (Å²) in [7, 11) is 0. The number of urea groups is 1. The molecule has 1 unspecified atom stereocenters. The molecule has 0 spiro atoms. The lowest BCUT2D eigenvalue weighted by atomic mass is 10.1. The molecule has 1 fully saturated rings. The number of hydrogen-bond acceptors (Lipinski definition) is 3. The van der Waals surface area contributed by atoms with Crippen LogP contribution in [0.1, 0.15) is 11.6 Å². The number of hydrogen-bond donors (Lipinski definition) is 1. The molecular weight excluding hydrogens is 254 g/mol. The van der Waals surface area contributed by atoms with E-state index >= 15 is 0 Å². The van der Waals surface area contributed by atoms with Gasteiger partial charge in [-0.05, 0) is 17.7 Å². The molecule has 1 aliphatic heterocycles. The Morgan fingerprint density at radius 1 is 0.850 bits per heavy atom. The number of para-hydroxylation sites is 1. The highest BCUT2D eigenvalue weighted by atomic mass is 16.2. The van der Waals surface area contributed by atoms with Crippen LogP contribution in [-0.2, 0) is 4.79 Å². The van der Waals surface area contributed by atoms with Crippen LogP contribution < -0.4 is 10.7 Å². The van der Waals surface area contributed by atoms with E-state index < -0.39 is 12.1 Å². The molecule has 1 saturated heterocycles. The quantitative estimate of drug-likeness (QED) is 0.514. The van der Waals surface area contributed by atoms with Crippen LogP contribution in [0.4, 0.5) is 10.5 Å². The molecule has 0 aliphatic carbocycles. The minimum atomic E-state index is -0.774. The Kier molecular flexibility index (Phi) is 2.96. The molecule has 1 aliphatic rings. The summed E-state index contributed by atoms with van der Waals surface area (Å²) in [6, 6.07) is 16.5. The number of anilines is 1. The lowest BCUT2D eigenvalue weighted by Crippen LogP contribution is -2.37. The van der Waals surface area contributed by atoms with Gasteiger partial charge >= 0.3 is 6.03 Å². The van der Waals surface area contributed by atoms with E-state index in [0.29, 0.717) is 11.3 Å². The molecule has 20 heavy (non-hydrogen) atoms. The Bertz CT molecular complexity index is 643. The van der Waals surface area contributed by atoms with Crippen LogP contribution in [-0.4, -0.2) is 16.9 Å². The highest BCUT2D eigenvalue weighted by Crippen LogP contribution is 2.31. The molecule has 2 aromatic carbocycles. The first-order valence-electron chi connectivity index (χ1n) is 6.22. The van der Waals surface area contributed by atoms with Gasteiger partial charge in [0.2, 0.25) is 0 Å². The van der Waals surface area contributed by atoms with Crippen LogP contribution in [0.5, 0.6) is 0 Å². The topological polar surface area (TPSA) is 66.6 Å². The van der Waals surface area contributed by atoms with Crippen molar-refractivity contribution in [1.82, 2.24) is 5.01 Å². The van der Waals surface area contributed by atoms with Crippen molar-refractivity contribution in [2.24, 2.45) is 5.84 Å². The summed E-state index contributed by atoms with van der Waals surface area (Å²) in [4.78, 5) is 25.8. The third-order valence-electron chi connectivity index (χ3n) is 3.27. The second kappa shape index (κ2) is 4.79. The lowest BCUT2D eigenvalue weighted by molar-refractivity contribution is -0.119. The van der Waals surface area contributed by atoms with Crippen LogP contribution in [0.15, 0.2) is 60.7 Å². The van der Waals surface area contributed by atoms with Crippen molar-refractivity contribution in [2.75, 3.05) is 4.90 Å². The normalized spacial score (nSPS) is 18.8. The summed E-state index contributed by atoms with van der Waals surface area (Å²) in [6.07, 6.45) is 0. The van der Waals surface area contributed by atoms with Crippen LogP contribution >= 0.6 is 0 Å². The summed E-state index contributed by atoms with van der Waals surface area (Å²) < 4.78 is 0. The second-order valence-electron chi connectivity index (χ2n) is 4.51. The molecule has 0 bridgehead atoms. The Labute approximate surface area is 116 Å². The first-order chi connectivity index (χ1) is 9.70. The van der Waals surface area contributed by atoms with E-state index in [9.17, 15) is 9.59 Å². The Balaban J connectivity index is 2.01. The molecule has 2 aromatic rings. The van der Waals surface area contributed by atoms with Gasteiger partial charge in [0.15, 0.2) is 6.04 Å². The summed E-state index contributed by atoms with van der Waals surface area (Å²) in [5.41, 5.74) is 1.23. The lowest BCUT2D eigenvalue weighted by Gasteiger charge is -2.15. The maximum Gasteiger partial charge on any atom is 0.346 e. The van der Waals surface area contributed by atoms with Gasteiger partial charge in [-0.1, -0.05) is 48.5 Å². The van der Waals surface area contributed by atoms with Gasteiger partial charge < -0.3 is 0 Å². The molecule has 3 rings (SSSR count). The van der Waals surface area contributed by atoms with Gasteiger partial charge in [0.25, 0.3) is 5.91 Å². The summed E-state index contributed by atoms with van der Waals surface area (Å²) in [5.74, 6) is 5.46. The summed E-state index contributed by atoms with van der Waals surface area (Å²) in [5, 5.41) is 0.977. The fraction of sp³-hybridized carbons (Fsp3) is 0.0667. The highest BCUT2D eigenvalue weighted by molar-refractivity contribution is 6.21. The smallest absolute Gasteiger partial charge is 0.271 e. The Morgan fingerprint density at radius 3 is 2.00 bits per heavy atom. The fourth-order valence-electron chi connectivity index (χ4n) is 2.31. The Hall–Kier alpha value is -2.66. The average Bonchev–Trinajstić information content (AvgIpc) is 2.71. The predicted molar refractivity (Wildman–Crippen MR) is 74.5 cm³/mol. The van der Waals surface area contributed by atoms with Gasteiger partial charge in [-0.2, -0.15) is 0 Å². The van der Waals surface area contributed by atoms with Gasteiger partial charge in [0.1, 0.15) is 0 Å². The summed E-state index contributed by atoms with van der Waals surface area (Å²) >= 11 is 0. The number of amides is 3. The monoisotopic (exact) mass is 267 g/mol. The first-order valence-corrected chi connectivity index (χ1v) is 6.22. The number of nitrogens with two attached hydrogens (primary N) is 1. The van der Waals surface area contributed by atoms with E-state index in [1.165, 1.54) is 0 Å². The maximum atomic E-state index is 12.5. The number of rotatable bonds is 2. The van der Waals surface area contributed by atoms with E-state index in [0.717, 1.165) is 9.91 Å². The van der Waals surface area contributed by atoms with E-state index in [1.807, 2.05) is 24.3 Å². The van der Waals surface area contributed by atoms with Crippen LogP contribution in [0.2, 0.25) is 0 Å². The van der Waals surface area contributed by atoms with Gasteiger partial charge in [-0.3, -0.25) is 4.79 Å². The van der Waals surface area contributed by atoms with Gasteiger partial charge in [0.05, 0.1) is 5.69 Å². The van der Waals surface area contributed by atoms with Gasteiger partial charge in [-0.25, -0.2) is 20.5 Å². The number of nitrogens with zero attached hydrogens (tertiary/aromatic N) is 2. The highest BCUT2D eigenvalue weighted by Gasteiger charge is 2.45. The third-order valence-corrected chi connectivity index (χ3v) is 3.27. The van der Waals surface area contributed by atoms with Gasteiger partial charge in [0, 0.05) is 0 Å². The van der Waals surface area contributed by atoms with Crippen molar-refractivity contribution in [3.05, 3.63) is 66.2 Å². The summed E-state index contributed by atoms with van der Waals surface area (Å²) in [6.45, 7) is 0. The van der Waals surface area contributed by atoms with Gasteiger partial charge in [-0.15, -0.1) is 0 Å². The second-order valence-corrected chi connectivity index (χ2v) is 4.51. The first kappa shape index (κ1) is 12.4. The van der Waals surface area contributed by atoms with E-state index in [2.05, 4.69) is 0 Å². The van der Waals surface area contributed by atoms with Crippen molar-refractivity contribution in [3.8, 4) is 0 Å². The van der Waals surface area contributed by atoms with Crippen molar-refractivity contribution in [2.45, 2.75) is 6.04 Å². The Morgan fingerprint density at radius 2 is 1.40 bits per heavy atom. The third kappa shape index (κ3) is 1.85. The zero-order valence-electron chi connectivity index (χ0n) is 10.6. The van der Waals surface area contributed by atoms with Crippen molar-refractivity contribution >= 4 is 17.6 Å². The zero-order chi connectivity index (χ0) is 14.1. The van der Waals surface area contributed by atoms with Crippen molar-refractivity contribution in [1.29, 1.82) is 0 Å². The molecule has 0 saturated carbocycles. The van der Waals surface area contributed by atoms with Crippen LogP contribution in [0.3, 0.4) is 0 Å². The van der Waals surface area contributed by atoms with E-state index in [1.54, 1.807) is 36.4 Å². The number of carbonyl (C=O) groups excluding carboxylic acids is 2. The molecule has 0 radical (unpaired) electrons. The number of benzene rings is 2. The molecule has 3 amide bonds. The van der Waals surface area contributed by atoms with E-state index in [-0.39, 0.29) is 5.91 Å². The average molecular weight is 267 g/mol. The number of carbonyl (C=O) groups is 2. The largest absolute Gasteiger partial charge is 0.346 e. The molecule has 5 nitrogen and oxygen atoms in total. The molecule has 5 heteroatoms. The van der Waals surface area contributed by atoms with Crippen molar-refractivity contribution in [3.63, 3.8) is 0 Å². The van der Waals surface area contributed by atoms with E-state index in [4.69, 9.17) is 5.84 Å². The molecule has 2 N–H and O–H groups in total. The molecular formula is C15H13N3O2. The maximum absolute atomic E-state index is 12.5. The molecule has 0 aromatic heterocycles. The minimum absolute atomic E-state index is 0.338. The molecule has 1 heterocycles. The SMILES string of the molecule is NN1C(=O)N(c2ccccc2)C(=O)C1c1ccccc1. The minimum Gasteiger partial charge on any atom is -0.271 e.